The Balaban J connectivity index is 0.000000509. The maximum Gasteiger partial charge on any atom is 0.490 e. The average Bonchev–Trinajstić information content (AvgIpc) is 3.19. The van der Waals surface area contributed by atoms with Gasteiger partial charge in [0.2, 0.25) is 5.91 Å². The number of piperazine rings is 1. The topological polar surface area (TPSA) is 131 Å². The van der Waals surface area contributed by atoms with Gasteiger partial charge in [0.05, 0.1) is 10.6 Å². The van der Waals surface area contributed by atoms with Crippen molar-refractivity contribution in [1.29, 1.82) is 0 Å². The van der Waals surface area contributed by atoms with Gasteiger partial charge in [-0.1, -0.05) is 0 Å². The van der Waals surface area contributed by atoms with E-state index in [0.29, 0.717) is 17.9 Å². The van der Waals surface area contributed by atoms with Gasteiger partial charge in [0.25, 0.3) is 5.69 Å². The maximum atomic E-state index is 11.4. The normalized spacial score (nSPS) is 14.2. The number of alkyl halides is 3. The van der Waals surface area contributed by atoms with Crippen molar-refractivity contribution in [3.8, 4) is 17.0 Å². The Hall–Kier alpha value is -3.68. The summed E-state index contributed by atoms with van der Waals surface area (Å²) in [4.78, 5) is 35.1. The van der Waals surface area contributed by atoms with Crippen LogP contribution in [-0.4, -0.2) is 87.0 Å². The van der Waals surface area contributed by atoms with Crippen molar-refractivity contribution >= 4 is 17.6 Å². The second-order valence-corrected chi connectivity index (χ2v) is 7.28. The zero-order valence-corrected chi connectivity index (χ0v) is 18.5. The van der Waals surface area contributed by atoms with Gasteiger partial charge in [-0.3, -0.25) is 24.5 Å². The van der Waals surface area contributed by atoms with Crippen LogP contribution in [0.4, 0.5) is 18.9 Å². The largest absolute Gasteiger partial charge is 0.492 e. The number of rotatable bonds is 6. The number of amides is 1. The highest BCUT2D eigenvalue weighted by molar-refractivity contribution is 5.73. The van der Waals surface area contributed by atoms with Gasteiger partial charge < -0.3 is 14.7 Å². The first-order chi connectivity index (χ1) is 15.9. The zero-order chi connectivity index (χ0) is 25.5. The highest BCUT2D eigenvalue weighted by Gasteiger charge is 2.38. The van der Waals surface area contributed by atoms with Crippen LogP contribution in [0, 0.1) is 10.1 Å². The van der Waals surface area contributed by atoms with Crippen LogP contribution in [0.1, 0.15) is 6.92 Å². The lowest BCUT2D eigenvalue weighted by atomic mass is 10.1. The number of aliphatic carboxylic acids is 1. The Bertz CT molecular complexity index is 1020. The van der Waals surface area contributed by atoms with Crippen molar-refractivity contribution in [3.63, 3.8) is 0 Å². The molecule has 0 spiro atoms. The Labute approximate surface area is 192 Å². The lowest BCUT2D eigenvalue weighted by Crippen LogP contribution is -2.48. The number of carboxylic acids is 1. The number of carboxylic acid groups (broad SMARTS) is 1. The summed E-state index contributed by atoms with van der Waals surface area (Å²) < 4.78 is 39.3. The molecule has 0 unspecified atom stereocenters. The molecule has 0 saturated carbocycles. The Kier molecular flexibility index (Phi) is 8.95. The summed E-state index contributed by atoms with van der Waals surface area (Å²) in [6.45, 7) is 5.87. The van der Waals surface area contributed by atoms with E-state index in [9.17, 15) is 28.1 Å². The molecule has 0 atom stereocenters. The van der Waals surface area contributed by atoms with Gasteiger partial charge >= 0.3 is 12.1 Å². The van der Waals surface area contributed by atoms with E-state index >= 15 is 0 Å². The molecule has 1 aromatic carbocycles. The van der Waals surface area contributed by atoms with E-state index in [2.05, 4.69) is 10.00 Å². The van der Waals surface area contributed by atoms with Crippen LogP contribution in [0.25, 0.3) is 11.3 Å². The highest BCUT2D eigenvalue weighted by atomic mass is 19.4. The van der Waals surface area contributed by atoms with Crippen molar-refractivity contribution in [1.82, 2.24) is 19.6 Å². The van der Waals surface area contributed by atoms with Crippen molar-refractivity contribution in [3.05, 3.63) is 40.6 Å². The molecule has 3 rings (SSSR count). The number of nitrogens with zero attached hydrogens (tertiary/aromatic N) is 5. The molecule has 1 aliphatic heterocycles. The van der Waals surface area contributed by atoms with Gasteiger partial charge in [-0.2, -0.15) is 18.3 Å². The van der Waals surface area contributed by atoms with Crippen molar-refractivity contribution in [2.75, 3.05) is 39.3 Å². The third-order valence-electron chi connectivity index (χ3n) is 5.00. The number of carbonyl (C=O) groups excluding carboxylic acids is 1. The van der Waals surface area contributed by atoms with E-state index in [1.165, 1.54) is 12.1 Å². The van der Waals surface area contributed by atoms with E-state index in [1.807, 2.05) is 4.90 Å². The van der Waals surface area contributed by atoms with Gasteiger partial charge in [0.1, 0.15) is 12.4 Å². The lowest BCUT2D eigenvalue weighted by molar-refractivity contribution is -0.384. The van der Waals surface area contributed by atoms with Gasteiger partial charge in [-0.15, -0.1) is 0 Å². The van der Waals surface area contributed by atoms with E-state index in [4.69, 9.17) is 14.6 Å². The molecule has 2 aromatic rings. The molecule has 1 amide bonds. The monoisotopic (exact) mass is 487 g/mol. The number of hydrogen-bond acceptors (Lipinski definition) is 7. The first-order valence-electron chi connectivity index (χ1n) is 10.1. The summed E-state index contributed by atoms with van der Waals surface area (Å²) in [6.07, 6.45) is -3.44. The van der Waals surface area contributed by atoms with Crippen LogP contribution >= 0.6 is 0 Å². The van der Waals surface area contributed by atoms with Gasteiger partial charge in [-0.25, -0.2) is 4.79 Å². The first kappa shape index (κ1) is 26.6. The molecule has 0 radical (unpaired) electrons. The number of carbonyl (C=O) groups is 2. The Morgan fingerprint density at radius 2 is 1.82 bits per heavy atom. The SMILES string of the molecule is CC(=O)N1CCN(CCOc2ccc([N+](=O)[O-])cc2-c2ccnn2C)CC1.O=C(O)C(F)(F)F. The minimum Gasteiger partial charge on any atom is -0.492 e. The molecule has 11 nitrogen and oxygen atoms in total. The molecule has 1 aromatic heterocycles. The quantitative estimate of drug-likeness (QED) is 0.485. The molecule has 1 fully saturated rings. The molecular formula is C20H24F3N5O6. The van der Waals surface area contributed by atoms with Gasteiger partial charge in [0, 0.05) is 70.6 Å². The summed E-state index contributed by atoms with van der Waals surface area (Å²) in [7, 11) is 1.78. The number of halogens is 3. The zero-order valence-electron chi connectivity index (χ0n) is 18.5. The molecule has 34 heavy (non-hydrogen) atoms. The van der Waals surface area contributed by atoms with Crippen LogP contribution in [0.2, 0.25) is 0 Å². The number of benzene rings is 1. The molecule has 1 saturated heterocycles. The second-order valence-electron chi connectivity index (χ2n) is 7.28. The van der Waals surface area contributed by atoms with Crippen molar-refractivity contribution in [2.24, 2.45) is 7.05 Å². The standard InChI is InChI=1S/C18H23N5O4.C2HF3O2/c1-14(24)22-9-7-21(8-10-22)11-12-27-18-4-3-15(23(25)26)13-16(18)17-5-6-19-20(17)2;3-2(4,5)1(6)7/h3-6,13H,7-12H2,1-2H3;(H,6,7). The Morgan fingerprint density at radius 1 is 1.21 bits per heavy atom. The van der Waals surface area contributed by atoms with Crippen molar-refractivity contribution < 1.29 is 37.5 Å². The number of aromatic nitrogens is 2. The summed E-state index contributed by atoms with van der Waals surface area (Å²) in [5.74, 6) is -2.06. The van der Waals surface area contributed by atoms with E-state index in [0.717, 1.165) is 38.4 Å². The summed E-state index contributed by atoms with van der Waals surface area (Å²) in [6, 6.07) is 6.39. The predicted molar refractivity (Wildman–Crippen MR) is 113 cm³/mol. The molecule has 2 heterocycles. The minimum absolute atomic E-state index is 0.0129. The molecule has 1 aliphatic rings. The predicted octanol–water partition coefficient (Wildman–Crippen LogP) is 2.17. The molecular weight excluding hydrogens is 463 g/mol. The van der Waals surface area contributed by atoms with E-state index in [1.54, 1.807) is 37.0 Å². The first-order valence-corrected chi connectivity index (χ1v) is 10.1. The number of nitro groups is 1. The third-order valence-corrected chi connectivity index (χ3v) is 5.00. The molecule has 0 aliphatic carbocycles. The number of aryl methyl sites for hydroxylation is 1. The maximum absolute atomic E-state index is 11.4. The minimum atomic E-state index is -5.08. The third kappa shape index (κ3) is 7.43. The fourth-order valence-electron chi connectivity index (χ4n) is 3.17. The average molecular weight is 487 g/mol. The molecule has 0 bridgehead atoms. The van der Waals surface area contributed by atoms with Crippen LogP contribution in [0.3, 0.4) is 0 Å². The summed E-state index contributed by atoms with van der Waals surface area (Å²) in [5, 5.41) is 22.4. The molecule has 14 heteroatoms. The van der Waals surface area contributed by atoms with Crippen molar-refractivity contribution in [2.45, 2.75) is 13.1 Å². The summed E-state index contributed by atoms with van der Waals surface area (Å²) >= 11 is 0. The second kappa shape index (κ2) is 11.4. The number of nitro benzene ring substituents is 1. The van der Waals surface area contributed by atoms with E-state index < -0.39 is 17.1 Å². The highest BCUT2D eigenvalue weighted by Crippen LogP contribution is 2.33. The number of non-ortho nitro benzene ring substituents is 1. The van der Waals surface area contributed by atoms with Crippen LogP contribution < -0.4 is 4.74 Å². The van der Waals surface area contributed by atoms with Gasteiger partial charge in [0.15, 0.2) is 0 Å². The molecule has 1 N–H and O–H groups in total. The van der Waals surface area contributed by atoms with E-state index in [-0.39, 0.29) is 11.6 Å². The summed E-state index contributed by atoms with van der Waals surface area (Å²) in [5.41, 5.74) is 1.41. The number of ether oxygens (including phenoxy) is 1. The van der Waals surface area contributed by atoms with Gasteiger partial charge in [-0.05, 0) is 12.1 Å². The number of hydrogen-bond donors (Lipinski definition) is 1. The Morgan fingerprint density at radius 3 is 2.29 bits per heavy atom. The molecule has 186 valence electrons. The fraction of sp³-hybridized carbons (Fsp3) is 0.450. The van der Waals surface area contributed by atoms with Crippen LogP contribution in [-0.2, 0) is 16.6 Å². The van der Waals surface area contributed by atoms with Crippen LogP contribution in [0.15, 0.2) is 30.5 Å². The van der Waals surface area contributed by atoms with Crippen LogP contribution in [0.5, 0.6) is 5.75 Å². The fourth-order valence-corrected chi connectivity index (χ4v) is 3.17. The lowest BCUT2D eigenvalue weighted by Gasteiger charge is -2.34. The smallest absolute Gasteiger partial charge is 0.490 e.